The van der Waals surface area contributed by atoms with E-state index in [0.717, 1.165) is 38.8 Å². The van der Waals surface area contributed by atoms with E-state index < -0.39 is 0 Å². The van der Waals surface area contributed by atoms with E-state index in [0.29, 0.717) is 6.04 Å². The lowest BCUT2D eigenvalue weighted by Gasteiger charge is -2.25. The molecule has 1 saturated heterocycles. The summed E-state index contributed by atoms with van der Waals surface area (Å²) in [6, 6.07) is 10.6. The first-order valence-electron chi connectivity index (χ1n) is 7.13. The number of carbonyl (C=O) groups is 1. The van der Waals surface area contributed by atoms with Gasteiger partial charge in [-0.05, 0) is 44.3 Å². The van der Waals surface area contributed by atoms with Crippen LogP contribution in [-0.2, 0) is 5.54 Å². The van der Waals surface area contributed by atoms with Crippen LogP contribution in [0.15, 0.2) is 30.3 Å². The summed E-state index contributed by atoms with van der Waals surface area (Å²) in [4.78, 5) is 12.1. The molecule has 1 aliphatic carbocycles. The lowest BCUT2D eigenvalue weighted by atomic mass is 10.1. The average molecular weight is 259 g/mol. The fourth-order valence-electron chi connectivity index (χ4n) is 2.77. The molecule has 1 aromatic carbocycles. The molecule has 2 aliphatic rings. The number of amides is 2. The number of hydrogen-bond donors (Lipinski definition) is 3. The molecular formula is C15H21N3O. The zero-order valence-corrected chi connectivity index (χ0v) is 11.1. The Morgan fingerprint density at radius 3 is 2.47 bits per heavy atom. The molecule has 2 fully saturated rings. The predicted octanol–water partition coefficient (Wildman–Crippen LogP) is 1.73. The van der Waals surface area contributed by atoms with Gasteiger partial charge in [0.15, 0.2) is 0 Å². The summed E-state index contributed by atoms with van der Waals surface area (Å²) in [7, 11) is 0. The van der Waals surface area contributed by atoms with Crippen molar-refractivity contribution in [2.45, 2.75) is 37.3 Å². The number of piperidine rings is 1. The van der Waals surface area contributed by atoms with Crippen molar-refractivity contribution in [3.05, 3.63) is 35.9 Å². The highest BCUT2D eigenvalue weighted by Gasteiger charge is 2.45. The van der Waals surface area contributed by atoms with Gasteiger partial charge in [-0.25, -0.2) is 4.79 Å². The summed E-state index contributed by atoms with van der Waals surface area (Å²) in [6.45, 7) is 1.99. The van der Waals surface area contributed by atoms with Crippen LogP contribution in [-0.4, -0.2) is 25.2 Å². The number of benzene rings is 1. The predicted molar refractivity (Wildman–Crippen MR) is 74.9 cm³/mol. The van der Waals surface area contributed by atoms with E-state index in [2.05, 4.69) is 28.1 Å². The Morgan fingerprint density at radius 1 is 1.16 bits per heavy atom. The second kappa shape index (κ2) is 5.21. The molecular weight excluding hydrogens is 238 g/mol. The summed E-state index contributed by atoms with van der Waals surface area (Å²) in [5, 5.41) is 9.56. The van der Waals surface area contributed by atoms with Gasteiger partial charge in [-0.15, -0.1) is 0 Å². The van der Waals surface area contributed by atoms with Crippen LogP contribution in [0.4, 0.5) is 4.79 Å². The number of rotatable bonds is 3. The highest BCUT2D eigenvalue weighted by molar-refractivity contribution is 5.76. The summed E-state index contributed by atoms with van der Waals surface area (Å²) in [5.41, 5.74) is 1.11. The van der Waals surface area contributed by atoms with Crippen LogP contribution in [0.3, 0.4) is 0 Å². The molecule has 0 radical (unpaired) electrons. The number of urea groups is 1. The third kappa shape index (κ3) is 2.89. The molecule has 0 unspecified atom stereocenters. The highest BCUT2D eigenvalue weighted by Crippen LogP contribution is 2.45. The van der Waals surface area contributed by atoms with Crippen LogP contribution in [0.2, 0.25) is 0 Å². The Labute approximate surface area is 114 Å². The van der Waals surface area contributed by atoms with Crippen molar-refractivity contribution in [1.29, 1.82) is 0 Å². The van der Waals surface area contributed by atoms with E-state index in [9.17, 15) is 4.79 Å². The Balaban J connectivity index is 1.57. The first-order chi connectivity index (χ1) is 9.28. The molecule has 0 atom stereocenters. The van der Waals surface area contributed by atoms with Crippen molar-refractivity contribution in [3.63, 3.8) is 0 Å². The molecule has 1 heterocycles. The first-order valence-corrected chi connectivity index (χ1v) is 7.13. The average Bonchev–Trinajstić information content (AvgIpc) is 3.21. The molecule has 102 valence electrons. The SMILES string of the molecule is O=C(NC1CCNCC1)NC1(c2ccccc2)CC1. The molecule has 1 aromatic rings. The Bertz CT molecular complexity index is 436. The van der Waals surface area contributed by atoms with E-state index in [1.54, 1.807) is 0 Å². The van der Waals surface area contributed by atoms with Crippen LogP contribution in [0, 0.1) is 0 Å². The molecule has 0 spiro atoms. The topological polar surface area (TPSA) is 53.2 Å². The van der Waals surface area contributed by atoms with Crippen molar-refractivity contribution in [2.24, 2.45) is 0 Å². The van der Waals surface area contributed by atoms with Crippen molar-refractivity contribution < 1.29 is 4.79 Å². The minimum atomic E-state index is -0.113. The quantitative estimate of drug-likeness (QED) is 0.774. The summed E-state index contributed by atoms with van der Waals surface area (Å²) >= 11 is 0. The monoisotopic (exact) mass is 259 g/mol. The summed E-state index contributed by atoms with van der Waals surface area (Å²) < 4.78 is 0. The maximum atomic E-state index is 12.1. The van der Waals surface area contributed by atoms with E-state index in [-0.39, 0.29) is 11.6 Å². The Kier molecular flexibility index (Phi) is 3.42. The first kappa shape index (κ1) is 12.5. The fourth-order valence-corrected chi connectivity index (χ4v) is 2.77. The number of carbonyl (C=O) groups excluding carboxylic acids is 1. The van der Waals surface area contributed by atoms with Gasteiger partial charge in [0.05, 0.1) is 5.54 Å². The molecule has 1 saturated carbocycles. The third-order valence-corrected chi connectivity index (χ3v) is 4.10. The summed E-state index contributed by atoms with van der Waals surface area (Å²) in [5.74, 6) is 0. The van der Waals surface area contributed by atoms with Crippen LogP contribution >= 0.6 is 0 Å². The highest BCUT2D eigenvalue weighted by atomic mass is 16.2. The van der Waals surface area contributed by atoms with Crippen LogP contribution in [0.1, 0.15) is 31.2 Å². The van der Waals surface area contributed by atoms with Gasteiger partial charge in [0.1, 0.15) is 0 Å². The Morgan fingerprint density at radius 2 is 1.84 bits per heavy atom. The zero-order chi connectivity index (χ0) is 13.1. The second-order valence-corrected chi connectivity index (χ2v) is 5.57. The Hall–Kier alpha value is -1.55. The van der Waals surface area contributed by atoms with Gasteiger partial charge in [-0.2, -0.15) is 0 Å². The van der Waals surface area contributed by atoms with Gasteiger partial charge in [0.25, 0.3) is 0 Å². The molecule has 4 nitrogen and oxygen atoms in total. The van der Waals surface area contributed by atoms with Gasteiger partial charge >= 0.3 is 6.03 Å². The van der Waals surface area contributed by atoms with Crippen molar-refractivity contribution in [2.75, 3.05) is 13.1 Å². The van der Waals surface area contributed by atoms with Gasteiger partial charge in [-0.3, -0.25) is 0 Å². The largest absolute Gasteiger partial charge is 0.335 e. The van der Waals surface area contributed by atoms with Crippen molar-refractivity contribution >= 4 is 6.03 Å². The molecule has 2 amide bonds. The molecule has 0 aromatic heterocycles. The molecule has 3 N–H and O–H groups in total. The second-order valence-electron chi connectivity index (χ2n) is 5.57. The van der Waals surface area contributed by atoms with Crippen molar-refractivity contribution in [1.82, 2.24) is 16.0 Å². The smallest absolute Gasteiger partial charge is 0.315 e. The van der Waals surface area contributed by atoms with Crippen LogP contribution in [0.5, 0.6) is 0 Å². The van der Waals surface area contributed by atoms with Crippen LogP contribution < -0.4 is 16.0 Å². The van der Waals surface area contributed by atoms with E-state index in [4.69, 9.17) is 0 Å². The van der Waals surface area contributed by atoms with Gasteiger partial charge in [-0.1, -0.05) is 30.3 Å². The molecule has 4 heteroatoms. The molecule has 0 bridgehead atoms. The standard InChI is InChI=1S/C15H21N3O/c19-14(17-13-6-10-16-11-7-13)18-15(8-9-15)12-4-2-1-3-5-12/h1-5,13,16H,6-11H2,(H2,17,18,19). The third-order valence-electron chi connectivity index (χ3n) is 4.10. The van der Waals surface area contributed by atoms with Crippen molar-refractivity contribution in [3.8, 4) is 0 Å². The fraction of sp³-hybridized carbons (Fsp3) is 0.533. The maximum absolute atomic E-state index is 12.1. The van der Waals surface area contributed by atoms with E-state index in [1.165, 1.54) is 5.56 Å². The lowest BCUT2D eigenvalue weighted by Crippen LogP contribution is -2.49. The van der Waals surface area contributed by atoms with Gasteiger partial charge in [0, 0.05) is 6.04 Å². The van der Waals surface area contributed by atoms with Gasteiger partial charge in [0.2, 0.25) is 0 Å². The van der Waals surface area contributed by atoms with Gasteiger partial charge < -0.3 is 16.0 Å². The normalized spacial score (nSPS) is 21.7. The van der Waals surface area contributed by atoms with E-state index >= 15 is 0 Å². The zero-order valence-electron chi connectivity index (χ0n) is 11.1. The number of nitrogens with one attached hydrogen (secondary N) is 3. The maximum Gasteiger partial charge on any atom is 0.315 e. The molecule has 19 heavy (non-hydrogen) atoms. The summed E-state index contributed by atoms with van der Waals surface area (Å²) in [6.07, 6.45) is 4.12. The minimum absolute atomic E-state index is 0.0201. The van der Waals surface area contributed by atoms with Crippen LogP contribution in [0.25, 0.3) is 0 Å². The number of hydrogen-bond acceptors (Lipinski definition) is 2. The lowest BCUT2D eigenvalue weighted by molar-refractivity contribution is 0.228. The van der Waals surface area contributed by atoms with E-state index in [1.807, 2.05) is 18.2 Å². The minimum Gasteiger partial charge on any atom is -0.335 e. The molecule has 1 aliphatic heterocycles. The molecule has 3 rings (SSSR count).